The van der Waals surface area contributed by atoms with Crippen LogP contribution in [0, 0.1) is 0 Å². The normalized spacial score (nSPS) is 11.9. The molecule has 0 bridgehead atoms. The lowest BCUT2D eigenvalue weighted by molar-refractivity contribution is 0.411. The van der Waals surface area contributed by atoms with Crippen molar-refractivity contribution in [2.45, 2.75) is 13.0 Å². The van der Waals surface area contributed by atoms with Crippen LogP contribution in [0.15, 0.2) is 36.9 Å². The summed E-state index contributed by atoms with van der Waals surface area (Å²) in [6.45, 7) is 2.04. The first-order valence-electron chi connectivity index (χ1n) is 5.32. The third-order valence-corrected chi connectivity index (χ3v) is 2.42. The van der Waals surface area contributed by atoms with Crippen molar-refractivity contribution in [2.24, 2.45) is 0 Å². The van der Waals surface area contributed by atoms with Crippen LogP contribution in [0.3, 0.4) is 0 Å². The van der Waals surface area contributed by atoms with Crippen molar-refractivity contribution in [3.8, 4) is 5.75 Å². The first kappa shape index (κ1) is 11.3. The Hall–Kier alpha value is -2.17. The fourth-order valence-electron chi connectivity index (χ4n) is 1.43. The average Bonchev–Trinajstić information content (AvgIpc) is 2.40. The molecule has 0 radical (unpaired) electrons. The van der Waals surface area contributed by atoms with Crippen LogP contribution in [0.2, 0.25) is 0 Å². The van der Waals surface area contributed by atoms with Gasteiger partial charge >= 0.3 is 0 Å². The maximum atomic E-state index is 5.00. The molecule has 2 aromatic rings. The molecule has 0 fully saturated rings. The fourth-order valence-corrected chi connectivity index (χ4v) is 1.43. The first-order valence-corrected chi connectivity index (χ1v) is 5.32. The maximum absolute atomic E-state index is 5.00. The van der Waals surface area contributed by atoms with Gasteiger partial charge in [0.2, 0.25) is 5.95 Å². The summed E-state index contributed by atoms with van der Waals surface area (Å²) in [7, 11) is 1.59. The third-order valence-electron chi connectivity index (χ3n) is 2.42. The number of aromatic nitrogens is 3. The minimum Gasteiger partial charge on any atom is -0.494 e. The smallest absolute Gasteiger partial charge is 0.223 e. The van der Waals surface area contributed by atoms with Gasteiger partial charge in [0, 0.05) is 12.4 Å². The van der Waals surface area contributed by atoms with Crippen LogP contribution in [0.4, 0.5) is 5.95 Å². The van der Waals surface area contributed by atoms with E-state index in [1.165, 1.54) is 0 Å². The number of methoxy groups -OCH3 is 1. The van der Waals surface area contributed by atoms with Gasteiger partial charge in [-0.2, -0.15) is 0 Å². The summed E-state index contributed by atoms with van der Waals surface area (Å²) in [5.41, 5.74) is 1.14. The topological polar surface area (TPSA) is 59.9 Å². The lowest BCUT2D eigenvalue weighted by atomic mass is 10.1. The van der Waals surface area contributed by atoms with E-state index in [9.17, 15) is 0 Å². The summed E-state index contributed by atoms with van der Waals surface area (Å²) in [4.78, 5) is 12.3. The van der Waals surface area contributed by atoms with E-state index in [1.807, 2.05) is 19.1 Å². The van der Waals surface area contributed by atoms with E-state index in [4.69, 9.17) is 4.74 Å². The molecule has 5 heteroatoms. The molecule has 17 heavy (non-hydrogen) atoms. The third kappa shape index (κ3) is 2.90. The average molecular weight is 230 g/mol. The summed E-state index contributed by atoms with van der Waals surface area (Å²) >= 11 is 0. The van der Waals surface area contributed by atoms with Crippen LogP contribution in [0.1, 0.15) is 18.5 Å². The molecule has 0 aliphatic carbocycles. The second-order valence-electron chi connectivity index (χ2n) is 3.59. The van der Waals surface area contributed by atoms with Crippen molar-refractivity contribution in [3.63, 3.8) is 0 Å². The standard InChI is InChI=1S/C12H14N4O/c1-9(10-3-5-13-6-4-10)16-12-14-7-11(17-2)8-15-12/h3-9H,1-2H3,(H,14,15,16). The Bertz CT molecular complexity index is 458. The number of anilines is 1. The number of nitrogens with zero attached hydrogens (tertiary/aromatic N) is 3. The number of rotatable bonds is 4. The molecular weight excluding hydrogens is 216 g/mol. The van der Waals surface area contributed by atoms with E-state index in [-0.39, 0.29) is 6.04 Å². The number of ether oxygens (including phenoxy) is 1. The van der Waals surface area contributed by atoms with Crippen molar-refractivity contribution < 1.29 is 4.74 Å². The van der Waals surface area contributed by atoms with Crippen molar-refractivity contribution in [1.82, 2.24) is 15.0 Å². The predicted octanol–water partition coefficient (Wildman–Crippen LogP) is 2.05. The van der Waals surface area contributed by atoms with Crippen LogP contribution in [0.25, 0.3) is 0 Å². The minimum atomic E-state index is 0.131. The first-order chi connectivity index (χ1) is 8.29. The SMILES string of the molecule is COc1cnc(NC(C)c2ccncc2)nc1. The summed E-state index contributed by atoms with van der Waals surface area (Å²) in [6, 6.07) is 4.05. The Labute approximate surface area is 99.9 Å². The van der Waals surface area contributed by atoms with Gasteiger partial charge in [-0.1, -0.05) is 0 Å². The molecule has 5 nitrogen and oxygen atoms in total. The zero-order valence-corrected chi connectivity index (χ0v) is 9.79. The van der Waals surface area contributed by atoms with Gasteiger partial charge in [0.25, 0.3) is 0 Å². The highest BCUT2D eigenvalue weighted by Crippen LogP contribution is 2.16. The van der Waals surface area contributed by atoms with Crippen molar-refractivity contribution >= 4 is 5.95 Å². The van der Waals surface area contributed by atoms with E-state index in [0.717, 1.165) is 5.56 Å². The number of nitrogens with one attached hydrogen (secondary N) is 1. The van der Waals surface area contributed by atoms with Gasteiger partial charge in [-0.25, -0.2) is 9.97 Å². The van der Waals surface area contributed by atoms with Gasteiger partial charge in [0.15, 0.2) is 5.75 Å². The van der Waals surface area contributed by atoms with Crippen molar-refractivity contribution in [1.29, 1.82) is 0 Å². The highest BCUT2D eigenvalue weighted by atomic mass is 16.5. The number of hydrogen-bond acceptors (Lipinski definition) is 5. The van der Waals surface area contributed by atoms with Crippen molar-refractivity contribution in [3.05, 3.63) is 42.5 Å². The van der Waals surface area contributed by atoms with Crippen LogP contribution in [-0.2, 0) is 0 Å². The molecule has 0 saturated carbocycles. The summed E-state index contributed by atoms with van der Waals surface area (Å²) in [5, 5.41) is 3.20. The molecule has 2 rings (SSSR count). The fraction of sp³-hybridized carbons (Fsp3) is 0.250. The van der Waals surface area contributed by atoms with E-state index < -0.39 is 0 Å². The van der Waals surface area contributed by atoms with Gasteiger partial charge in [-0.15, -0.1) is 0 Å². The van der Waals surface area contributed by atoms with Gasteiger partial charge in [0.1, 0.15) is 0 Å². The van der Waals surface area contributed by atoms with E-state index in [0.29, 0.717) is 11.7 Å². The molecule has 2 heterocycles. The molecule has 1 N–H and O–H groups in total. The molecular formula is C12H14N4O. The summed E-state index contributed by atoms with van der Waals surface area (Å²) < 4.78 is 5.00. The van der Waals surface area contributed by atoms with Crippen molar-refractivity contribution in [2.75, 3.05) is 12.4 Å². The molecule has 2 aromatic heterocycles. The molecule has 88 valence electrons. The lowest BCUT2D eigenvalue weighted by Crippen LogP contribution is -2.09. The Morgan fingerprint density at radius 2 is 1.82 bits per heavy atom. The molecule has 0 aromatic carbocycles. The second kappa shape index (κ2) is 5.25. The van der Waals surface area contributed by atoms with Gasteiger partial charge in [-0.3, -0.25) is 4.98 Å². The van der Waals surface area contributed by atoms with Crippen LogP contribution < -0.4 is 10.1 Å². The van der Waals surface area contributed by atoms with E-state index in [1.54, 1.807) is 31.9 Å². The highest BCUT2D eigenvalue weighted by molar-refractivity contribution is 5.31. The summed E-state index contributed by atoms with van der Waals surface area (Å²) in [5.74, 6) is 1.22. The zero-order valence-electron chi connectivity index (χ0n) is 9.79. The molecule has 1 atom stereocenters. The van der Waals surface area contributed by atoms with E-state index in [2.05, 4.69) is 20.3 Å². The monoisotopic (exact) mass is 230 g/mol. The Balaban J connectivity index is 2.05. The lowest BCUT2D eigenvalue weighted by Gasteiger charge is -2.13. The quantitative estimate of drug-likeness (QED) is 0.871. The number of pyridine rings is 1. The van der Waals surface area contributed by atoms with Crippen LogP contribution in [0.5, 0.6) is 5.75 Å². The largest absolute Gasteiger partial charge is 0.494 e. The van der Waals surface area contributed by atoms with Crippen LogP contribution >= 0.6 is 0 Å². The second-order valence-corrected chi connectivity index (χ2v) is 3.59. The Kier molecular flexibility index (Phi) is 3.49. The molecule has 1 unspecified atom stereocenters. The van der Waals surface area contributed by atoms with E-state index >= 15 is 0 Å². The zero-order chi connectivity index (χ0) is 12.1. The molecule has 0 spiro atoms. The van der Waals surface area contributed by atoms with Gasteiger partial charge < -0.3 is 10.1 Å². The number of hydrogen-bond donors (Lipinski definition) is 1. The minimum absolute atomic E-state index is 0.131. The molecule has 0 aliphatic rings. The maximum Gasteiger partial charge on any atom is 0.223 e. The Morgan fingerprint density at radius 1 is 1.18 bits per heavy atom. The van der Waals surface area contributed by atoms with Gasteiger partial charge in [-0.05, 0) is 24.6 Å². The van der Waals surface area contributed by atoms with Gasteiger partial charge in [0.05, 0.1) is 25.5 Å². The highest BCUT2D eigenvalue weighted by Gasteiger charge is 2.06. The molecule has 0 saturated heterocycles. The van der Waals surface area contributed by atoms with Crippen LogP contribution in [-0.4, -0.2) is 22.1 Å². The molecule has 0 aliphatic heterocycles. The predicted molar refractivity (Wildman–Crippen MR) is 64.9 cm³/mol. The summed E-state index contributed by atoms with van der Waals surface area (Å²) in [6.07, 6.45) is 6.80. The molecule has 0 amide bonds. The Morgan fingerprint density at radius 3 is 2.41 bits per heavy atom.